The Kier molecular flexibility index (Phi) is 7.03. The molecule has 0 fully saturated rings. The van der Waals surface area contributed by atoms with Crippen molar-refractivity contribution in [1.29, 1.82) is 0 Å². The molecule has 0 saturated heterocycles. The first-order valence-corrected chi connectivity index (χ1v) is 7.71. The van der Waals surface area contributed by atoms with Crippen molar-refractivity contribution >= 4 is 12.0 Å². The number of aliphatic hydroxyl groups excluding tert-OH is 1. The number of nitrogens with one attached hydrogen (secondary N) is 2. The van der Waals surface area contributed by atoms with Crippen LogP contribution in [0.5, 0.6) is 5.75 Å². The van der Waals surface area contributed by atoms with Crippen molar-refractivity contribution in [2.45, 2.75) is 52.0 Å². The van der Waals surface area contributed by atoms with Crippen LogP contribution in [0.15, 0.2) is 24.3 Å². The zero-order valence-corrected chi connectivity index (χ0v) is 14.8. The minimum atomic E-state index is -1.12. The highest BCUT2D eigenvalue weighted by atomic mass is 16.6. The minimum Gasteiger partial charge on any atom is -0.496 e. The lowest BCUT2D eigenvalue weighted by Crippen LogP contribution is -2.53. The zero-order valence-electron chi connectivity index (χ0n) is 14.8. The Morgan fingerprint density at radius 2 is 1.88 bits per heavy atom. The second-order valence-corrected chi connectivity index (χ2v) is 6.39. The maximum atomic E-state index is 12.3. The van der Waals surface area contributed by atoms with Crippen LogP contribution in [0.4, 0.5) is 4.79 Å². The van der Waals surface area contributed by atoms with Crippen molar-refractivity contribution in [3.8, 4) is 5.75 Å². The molecular formula is C17H26N2O5. The first-order valence-electron chi connectivity index (χ1n) is 7.71. The van der Waals surface area contributed by atoms with E-state index in [4.69, 9.17) is 9.47 Å². The SMILES string of the molecule is COc1ccccc1CNC(=O)C(NC(=O)OC(C)(C)C)[C@@H](C)O. The van der Waals surface area contributed by atoms with Gasteiger partial charge in [0, 0.05) is 12.1 Å². The topological polar surface area (TPSA) is 96.9 Å². The van der Waals surface area contributed by atoms with E-state index in [1.54, 1.807) is 33.9 Å². The van der Waals surface area contributed by atoms with Crippen molar-refractivity contribution in [2.24, 2.45) is 0 Å². The van der Waals surface area contributed by atoms with Gasteiger partial charge in [0.1, 0.15) is 17.4 Å². The number of amides is 2. The van der Waals surface area contributed by atoms with Gasteiger partial charge in [-0.15, -0.1) is 0 Å². The van der Waals surface area contributed by atoms with Gasteiger partial charge in [-0.1, -0.05) is 18.2 Å². The molecule has 1 rings (SSSR count). The second kappa shape index (κ2) is 8.54. The lowest BCUT2D eigenvalue weighted by Gasteiger charge is -2.24. The molecule has 2 atom stereocenters. The summed E-state index contributed by atoms with van der Waals surface area (Å²) in [4.78, 5) is 24.1. The highest BCUT2D eigenvalue weighted by Crippen LogP contribution is 2.16. The summed E-state index contributed by atoms with van der Waals surface area (Å²) in [5.41, 5.74) is 0.0938. The number of para-hydroxylation sites is 1. The van der Waals surface area contributed by atoms with E-state index in [9.17, 15) is 14.7 Å². The van der Waals surface area contributed by atoms with Gasteiger partial charge in [0.2, 0.25) is 5.91 Å². The third kappa shape index (κ3) is 6.45. The summed E-state index contributed by atoms with van der Waals surface area (Å²) in [6.07, 6.45) is -1.84. The Labute approximate surface area is 142 Å². The van der Waals surface area contributed by atoms with Crippen molar-refractivity contribution in [3.63, 3.8) is 0 Å². The third-order valence-electron chi connectivity index (χ3n) is 3.08. The minimum absolute atomic E-state index is 0.210. The van der Waals surface area contributed by atoms with Crippen LogP contribution in [0, 0.1) is 0 Å². The largest absolute Gasteiger partial charge is 0.496 e. The van der Waals surface area contributed by atoms with E-state index < -0.39 is 29.7 Å². The third-order valence-corrected chi connectivity index (χ3v) is 3.08. The van der Waals surface area contributed by atoms with E-state index in [0.717, 1.165) is 5.56 Å². The Hall–Kier alpha value is -2.28. The Balaban J connectivity index is 2.68. The number of methoxy groups -OCH3 is 1. The molecule has 1 unspecified atom stereocenters. The van der Waals surface area contributed by atoms with E-state index in [-0.39, 0.29) is 6.54 Å². The standard InChI is InChI=1S/C17H26N2O5/c1-11(20)14(19-16(22)24-17(2,3)4)15(21)18-10-12-8-6-7-9-13(12)23-5/h6-9,11,14,20H,10H2,1-5H3,(H,18,21)(H,19,22)/t11-,14?/m1/s1. The molecule has 0 aliphatic heterocycles. The summed E-state index contributed by atoms with van der Waals surface area (Å²) in [6.45, 7) is 6.77. The molecule has 0 heterocycles. The van der Waals surface area contributed by atoms with Crippen molar-refractivity contribution < 1.29 is 24.2 Å². The highest BCUT2D eigenvalue weighted by Gasteiger charge is 2.28. The first-order chi connectivity index (χ1) is 11.1. The summed E-state index contributed by atoms with van der Waals surface area (Å²) < 4.78 is 10.3. The van der Waals surface area contributed by atoms with Crippen LogP contribution >= 0.6 is 0 Å². The number of carbonyl (C=O) groups excluding carboxylic acids is 2. The Bertz CT molecular complexity index is 566. The van der Waals surface area contributed by atoms with Gasteiger partial charge in [-0.3, -0.25) is 4.79 Å². The van der Waals surface area contributed by atoms with Crippen LogP contribution in [0.1, 0.15) is 33.3 Å². The number of carbonyl (C=O) groups is 2. The van der Waals surface area contributed by atoms with Crippen molar-refractivity contribution in [1.82, 2.24) is 10.6 Å². The number of ether oxygens (including phenoxy) is 2. The molecule has 134 valence electrons. The number of benzene rings is 1. The van der Waals surface area contributed by atoms with E-state index in [1.807, 2.05) is 18.2 Å². The van der Waals surface area contributed by atoms with Crippen molar-refractivity contribution in [2.75, 3.05) is 7.11 Å². The van der Waals surface area contributed by atoms with Crippen LogP contribution in [0.2, 0.25) is 0 Å². The molecule has 7 heteroatoms. The van der Waals surface area contributed by atoms with Crippen LogP contribution in [-0.4, -0.2) is 42.0 Å². The quantitative estimate of drug-likeness (QED) is 0.732. The van der Waals surface area contributed by atoms with Gasteiger partial charge in [0.05, 0.1) is 13.2 Å². The fraction of sp³-hybridized carbons (Fsp3) is 0.529. The molecule has 7 nitrogen and oxygen atoms in total. The van der Waals surface area contributed by atoms with Gasteiger partial charge < -0.3 is 25.2 Å². The molecule has 0 aliphatic rings. The normalized spacial score (nSPS) is 13.6. The fourth-order valence-corrected chi connectivity index (χ4v) is 1.98. The molecular weight excluding hydrogens is 312 g/mol. The summed E-state index contributed by atoms with van der Waals surface area (Å²) in [7, 11) is 1.54. The van der Waals surface area contributed by atoms with Gasteiger partial charge >= 0.3 is 6.09 Å². The summed E-state index contributed by atoms with van der Waals surface area (Å²) in [5, 5.41) is 14.8. The molecule has 0 aliphatic carbocycles. The van der Waals surface area contributed by atoms with Crippen LogP contribution in [0.3, 0.4) is 0 Å². The van der Waals surface area contributed by atoms with E-state index in [0.29, 0.717) is 5.75 Å². The molecule has 3 N–H and O–H groups in total. The lowest BCUT2D eigenvalue weighted by molar-refractivity contribution is -0.125. The maximum Gasteiger partial charge on any atom is 0.408 e. The molecule has 0 bridgehead atoms. The number of hydrogen-bond donors (Lipinski definition) is 3. The van der Waals surface area contributed by atoms with Gasteiger partial charge in [-0.25, -0.2) is 4.79 Å². The molecule has 2 amide bonds. The highest BCUT2D eigenvalue weighted by molar-refractivity contribution is 5.86. The molecule has 0 spiro atoms. The predicted molar refractivity (Wildman–Crippen MR) is 89.7 cm³/mol. The van der Waals surface area contributed by atoms with E-state index in [1.165, 1.54) is 6.92 Å². The summed E-state index contributed by atoms with van der Waals surface area (Å²) in [5.74, 6) is 0.133. The smallest absolute Gasteiger partial charge is 0.408 e. The monoisotopic (exact) mass is 338 g/mol. The molecule has 1 aromatic carbocycles. The summed E-state index contributed by atoms with van der Waals surface area (Å²) >= 11 is 0. The molecule has 0 aromatic heterocycles. The fourth-order valence-electron chi connectivity index (χ4n) is 1.98. The van der Waals surface area contributed by atoms with Gasteiger partial charge in [-0.2, -0.15) is 0 Å². The molecule has 1 aromatic rings. The molecule has 0 saturated carbocycles. The van der Waals surface area contributed by atoms with Crippen LogP contribution < -0.4 is 15.4 Å². The number of rotatable bonds is 6. The predicted octanol–water partition coefficient (Wildman–Crippen LogP) is 1.59. The average molecular weight is 338 g/mol. The molecule has 0 radical (unpaired) electrons. The number of hydrogen-bond acceptors (Lipinski definition) is 5. The average Bonchev–Trinajstić information content (AvgIpc) is 2.48. The second-order valence-electron chi connectivity index (χ2n) is 6.39. The lowest BCUT2D eigenvalue weighted by atomic mass is 10.1. The summed E-state index contributed by atoms with van der Waals surface area (Å²) in [6, 6.07) is 6.14. The van der Waals surface area contributed by atoms with Gasteiger partial charge in [0.25, 0.3) is 0 Å². The zero-order chi connectivity index (χ0) is 18.3. The Morgan fingerprint density at radius 1 is 1.25 bits per heavy atom. The van der Waals surface area contributed by atoms with E-state index >= 15 is 0 Å². The van der Waals surface area contributed by atoms with Gasteiger partial charge in [0.15, 0.2) is 0 Å². The van der Waals surface area contributed by atoms with Gasteiger partial charge in [-0.05, 0) is 33.8 Å². The van der Waals surface area contributed by atoms with Crippen molar-refractivity contribution in [3.05, 3.63) is 29.8 Å². The van der Waals surface area contributed by atoms with Crippen LogP contribution in [-0.2, 0) is 16.1 Å². The molecule has 24 heavy (non-hydrogen) atoms. The van der Waals surface area contributed by atoms with Crippen LogP contribution in [0.25, 0.3) is 0 Å². The number of alkyl carbamates (subject to hydrolysis) is 1. The number of aliphatic hydroxyl groups is 1. The first kappa shape index (κ1) is 19.8. The van der Waals surface area contributed by atoms with E-state index in [2.05, 4.69) is 10.6 Å². The maximum absolute atomic E-state index is 12.3. The Morgan fingerprint density at radius 3 is 2.42 bits per heavy atom.